The van der Waals surface area contributed by atoms with Gasteiger partial charge in [-0.1, -0.05) is 23.7 Å². The van der Waals surface area contributed by atoms with Crippen LogP contribution < -0.4 is 10.6 Å². The van der Waals surface area contributed by atoms with Crippen molar-refractivity contribution < 1.29 is 0 Å². The average Bonchev–Trinajstić information content (AvgIpc) is 2.40. The van der Waals surface area contributed by atoms with E-state index in [1.165, 1.54) is 0 Å². The Kier molecular flexibility index (Phi) is 4.27. The molecule has 2 rings (SSSR count). The maximum atomic E-state index is 6.08. The number of para-hydroxylation sites is 1. The smallest absolute Gasteiger partial charge is 0.0741 e. The van der Waals surface area contributed by atoms with Crippen LogP contribution in [-0.4, -0.2) is 11.5 Å². The van der Waals surface area contributed by atoms with E-state index < -0.39 is 0 Å². The van der Waals surface area contributed by atoms with E-state index in [1.807, 2.05) is 37.3 Å². The highest BCUT2D eigenvalue weighted by Crippen LogP contribution is 2.30. The molecule has 100 valence electrons. The molecule has 1 aromatic heterocycles. The molecule has 0 radical (unpaired) electrons. The number of aryl methyl sites for hydroxylation is 1. The molecule has 0 unspecified atom stereocenters. The van der Waals surface area contributed by atoms with Crippen molar-refractivity contribution in [1.82, 2.24) is 4.98 Å². The number of nitrogens with zero attached hydrogens (tertiary/aromatic N) is 2. The second kappa shape index (κ2) is 5.93. The van der Waals surface area contributed by atoms with Crippen LogP contribution in [0.1, 0.15) is 18.3 Å². The number of anilines is 2. The van der Waals surface area contributed by atoms with Crippen LogP contribution in [0.15, 0.2) is 36.4 Å². The molecular weight excluding hydrogens is 258 g/mol. The number of benzene rings is 1. The van der Waals surface area contributed by atoms with Crippen molar-refractivity contribution >= 4 is 23.0 Å². The lowest BCUT2D eigenvalue weighted by Gasteiger charge is -2.24. The van der Waals surface area contributed by atoms with Gasteiger partial charge in [0, 0.05) is 12.2 Å². The van der Waals surface area contributed by atoms with Crippen molar-refractivity contribution in [3.8, 4) is 0 Å². The second-order valence-corrected chi connectivity index (χ2v) is 4.86. The number of pyridine rings is 1. The van der Waals surface area contributed by atoms with Gasteiger partial charge in [0.25, 0.3) is 0 Å². The number of hydrogen-bond acceptors (Lipinski definition) is 3. The maximum absolute atomic E-state index is 6.08. The van der Waals surface area contributed by atoms with E-state index in [4.69, 9.17) is 17.3 Å². The van der Waals surface area contributed by atoms with Crippen molar-refractivity contribution in [2.24, 2.45) is 0 Å². The fraction of sp³-hybridized carbons (Fsp3) is 0.267. The minimum atomic E-state index is 0.591. The van der Waals surface area contributed by atoms with Gasteiger partial charge in [0.2, 0.25) is 0 Å². The Labute approximate surface area is 119 Å². The van der Waals surface area contributed by atoms with Gasteiger partial charge >= 0.3 is 0 Å². The van der Waals surface area contributed by atoms with Gasteiger partial charge in [-0.3, -0.25) is 4.98 Å². The quantitative estimate of drug-likeness (QED) is 0.866. The Morgan fingerprint density at radius 3 is 2.63 bits per heavy atom. The van der Waals surface area contributed by atoms with Crippen LogP contribution in [0.25, 0.3) is 0 Å². The van der Waals surface area contributed by atoms with Crippen LogP contribution in [0.5, 0.6) is 0 Å². The van der Waals surface area contributed by atoms with E-state index in [0.29, 0.717) is 10.7 Å². The Morgan fingerprint density at radius 2 is 1.95 bits per heavy atom. The predicted molar refractivity (Wildman–Crippen MR) is 81.6 cm³/mol. The average molecular weight is 276 g/mol. The summed E-state index contributed by atoms with van der Waals surface area (Å²) < 4.78 is 0. The highest BCUT2D eigenvalue weighted by atomic mass is 35.5. The molecule has 0 bridgehead atoms. The molecule has 0 aliphatic heterocycles. The SMILES string of the molecule is CCN(Cc1cccc(C)n1)c1cccc(Cl)c1N. The van der Waals surface area contributed by atoms with Crippen molar-refractivity contribution in [2.75, 3.05) is 17.2 Å². The first-order valence-electron chi connectivity index (χ1n) is 6.33. The first-order chi connectivity index (χ1) is 9.11. The van der Waals surface area contributed by atoms with E-state index in [1.54, 1.807) is 6.07 Å². The minimum absolute atomic E-state index is 0.591. The largest absolute Gasteiger partial charge is 0.396 e. The van der Waals surface area contributed by atoms with Crippen molar-refractivity contribution in [2.45, 2.75) is 20.4 Å². The molecular formula is C15H18ClN3. The van der Waals surface area contributed by atoms with Crippen LogP contribution in [0.4, 0.5) is 11.4 Å². The van der Waals surface area contributed by atoms with E-state index in [2.05, 4.69) is 16.8 Å². The molecule has 0 spiro atoms. The van der Waals surface area contributed by atoms with Gasteiger partial charge in [0.1, 0.15) is 0 Å². The predicted octanol–water partition coefficient (Wildman–Crippen LogP) is 3.65. The summed E-state index contributed by atoms with van der Waals surface area (Å²) in [6.45, 7) is 5.66. The van der Waals surface area contributed by atoms with E-state index in [9.17, 15) is 0 Å². The molecule has 1 heterocycles. The normalized spacial score (nSPS) is 10.5. The van der Waals surface area contributed by atoms with Crippen molar-refractivity contribution in [3.05, 3.63) is 52.8 Å². The molecule has 3 nitrogen and oxygen atoms in total. The lowest BCUT2D eigenvalue weighted by Crippen LogP contribution is -2.23. The first kappa shape index (κ1) is 13.7. The highest BCUT2D eigenvalue weighted by molar-refractivity contribution is 6.33. The topological polar surface area (TPSA) is 42.2 Å². The third kappa shape index (κ3) is 3.18. The number of hydrogen-bond donors (Lipinski definition) is 1. The molecule has 0 saturated heterocycles. The molecule has 0 fully saturated rings. The molecule has 19 heavy (non-hydrogen) atoms. The lowest BCUT2D eigenvalue weighted by atomic mass is 10.2. The van der Waals surface area contributed by atoms with Gasteiger partial charge in [0.15, 0.2) is 0 Å². The Hall–Kier alpha value is -1.74. The second-order valence-electron chi connectivity index (χ2n) is 4.46. The zero-order chi connectivity index (χ0) is 13.8. The summed E-state index contributed by atoms with van der Waals surface area (Å²) in [6, 6.07) is 11.7. The Morgan fingerprint density at radius 1 is 1.21 bits per heavy atom. The summed E-state index contributed by atoms with van der Waals surface area (Å²) in [4.78, 5) is 6.69. The number of halogens is 1. The van der Waals surface area contributed by atoms with E-state index in [-0.39, 0.29) is 0 Å². The molecule has 2 aromatic rings. The van der Waals surface area contributed by atoms with Gasteiger partial charge in [-0.15, -0.1) is 0 Å². The van der Waals surface area contributed by atoms with Gasteiger partial charge in [-0.25, -0.2) is 0 Å². The summed E-state index contributed by atoms with van der Waals surface area (Å²) in [5, 5.41) is 0.591. The molecule has 1 aromatic carbocycles. The molecule has 4 heteroatoms. The summed E-state index contributed by atoms with van der Waals surface area (Å²) >= 11 is 6.08. The number of nitrogen functional groups attached to an aromatic ring is 1. The van der Waals surface area contributed by atoms with Crippen LogP contribution in [-0.2, 0) is 6.54 Å². The summed E-state index contributed by atoms with van der Waals surface area (Å²) in [5.41, 5.74) is 9.68. The Bertz CT molecular complexity index is 569. The number of aromatic nitrogens is 1. The van der Waals surface area contributed by atoms with Gasteiger partial charge in [0.05, 0.1) is 28.6 Å². The molecule has 2 N–H and O–H groups in total. The van der Waals surface area contributed by atoms with Gasteiger partial charge < -0.3 is 10.6 Å². The van der Waals surface area contributed by atoms with E-state index in [0.717, 1.165) is 30.2 Å². The fourth-order valence-electron chi connectivity index (χ4n) is 2.05. The Balaban J connectivity index is 2.28. The molecule has 0 amide bonds. The van der Waals surface area contributed by atoms with Crippen molar-refractivity contribution in [3.63, 3.8) is 0 Å². The summed E-state index contributed by atoms with van der Waals surface area (Å²) in [5.74, 6) is 0. The summed E-state index contributed by atoms with van der Waals surface area (Å²) in [6.07, 6.45) is 0. The third-order valence-electron chi connectivity index (χ3n) is 3.05. The van der Waals surface area contributed by atoms with E-state index >= 15 is 0 Å². The first-order valence-corrected chi connectivity index (χ1v) is 6.71. The number of nitrogens with two attached hydrogens (primary N) is 1. The van der Waals surface area contributed by atoms with Gasteiger partial charge in [-0.05, 0) is 38.1 Å². The molecule has 0 saturated carbocycles. The van der Waals surface area contributed by atoms with Crippen molar-refractivity contribution in [1.29, 1.82) is 0 Å². The fourth-order valence-corrected chi connectivity index (χ4v) is 2.22. The maximum Gasteiger partial charge on any atom is 0.0741 e. The van der Waals surface area contributed by atoms with Crippen LogP contribution in [0, 0.1) is 6.92 Å². The standard InChI is InChI=1S/C15H18ClN3/c1-3-19(10-12-7-4-6-11(2)18-12)14-9-5-8-13(16)15(14)17/h4-9H,3,10,17H2,1-2H3. The molecule has 0 aliphatic carbocycles. The number of rotatable bonds is 4. The zero-order valence-electron chi connectivity index (χ0n) is 11.2. The van der Waals surface area contributed by atoms with Crippen LogP contribution in [0.3, 0.4) is 0 Å². The van der Waals surface area contributed by atoms with Crippen LogP contribution >= 0.6 is 11.6 Å². The summed E-state index contributed by atoms with van der Waals surface area (Å²) in [7, 11) is 0. The highest BCUT2D eigenvalue weighted by Gasteiger charge is 2.11. The minimum Gasteiger partial charge on any atom is -0.396 e. The third-order valence-corrected chi connectivity index (χ3v) is 3.38. The molecule has 0 atom stereocenters. The lowest BCUT2D eigenvalue weighted by molar-refractivity contribution is 0.807. The van der Waals surface area contributed by atoms with Crippen LogP contribution in [0.2, 0.25) is 5.02 Å². The monoisotopic (exact) mass is 275 g/mol. The molecule has 0 aliphatic rings. The zero-order valence-corrected chi connectivity index (χ0v) is 12.0. The van der Waals surface area contributed by atoms with Gasteiger partial charge in [-0.2, -0.15) is 0 Å².